The van der Waals surface area contributed by atoms with E-state index in [0.29, 0.717) is 39.3 Å². The quantitative estimate of drug-likeness (QED) is 0.698. The summed E-state index contributed by atoms with van der Waals surface area (Å²) < 4.78 is 0. The van der Waals surface area contributed by atoms with Gasteiger partial charge in [-0.1, -0.05) is 31.2 Å². The van der Waals surface area contributed by atoms with Gasteiger partial charge in [0.15, 0.2) is 0 Å². The zero-order valence-electron chi connectivity index (χ0n) is 17.8. The van der Waals surface area contributed by atoms with E-state index in [1.165, 1.54) is 0 Å². The highest BCUT2D eigenvalue weighted by atomic mass is 16.2. The van der Waals surface area contributed by atoms with Crippen molar-refractivity contribution >= 4 is 17.5 Å². The lowest BCUT2D eigenvalue weighted by Gasteiger charge is -2.34. The Morgan fingerprint density at radius 2 is 1.87 bits per heavy atom. The third-order valence-electron chi connectivity index (χ3n) is 5.51. The molecule has 1 aromatic heterocycles. The lowest BCUT2D eigenvalue weighted by molar-refractivity contribution is -0.132. The first kappa shape index (κ1) is 21.9. The van der Waals surface area contributed by atoms with Crippen molar-refractivity contribution in [1.82, 2.24) is 20.1 Å². The van der Waals surface area contributed by atoms with Crippen LogP contribution in [0, 0.1) is 0 Å². The molecule has 2 amide bonds. The van der Waals surface area contributed by atoms with E-state index >= 15 is 0 Å². The van der Waals surface area contributed by atoms with Crippen molar-refractivity contribution in [2.75, 3.05) is 44.6 Å². The molecule has 2 N–H and O–H groups in total. The highest BCUT2D eigenvalue weighted by Gasteiger charge is 2.22. The van der Waals surface area contributed by atoms with E-state index in [2.05, 4.69) is 27.4 Å². The Labute approximate surface area is 178 Å². The molecule has 1 aliphatic heterocycles. The van der Waals surface area contributed by atoms with Crippen LogP contribution in [0.3, 0.4) is 0 Å². The molecule has 0 saturated carbocycles. The maximum atomic E-state index is 12.5. The number of carbonyl (C=O) groups is 2. The Hall–Kier alpha value is -2.77. The Morgan fingerprint density at radius 3 is 2.57 bits per heavy atom. The summed E-state index contributed by atoms with van der Waals surface area (Å²) in [4.78, 5) is 33.0. The van der Waals surface area contributed by atoms with E-state index in [9.17, 15) is 9.59 Å². The summed E-state index contributed by atoms with van der Waals surface area (Å²) in [6, 6.07) is 11.8. The molecule has 1 atom stereocenters. The van der Waals surface area contributed by atoms with Gasteiger partial charge in [-0.15, -0.1) is 0 Å². The fraction of sp³-hybridized carbons (Fsp3) is 0.435. The number of hydrogen-bond donors (Lipinski definition) is 2. The Morgan fingerprint density at radius 1 is 1.10 bits per heavy atom. The van der Waals surface area contributed by atoms with Gasteiger partial charge in [0.05, 0.1) is 13.1 Å². The first-order valence-corrected chi connectivity index (χ1v) is 10.6. The van der Waals surface area contributed by atoms with E-state index in [1.807, 2.05) is 54.4 Å². The zero-order chi connectivity index (χ0) is 21.3. The molecule has 1 aliphatic rings. The van der Waals surface area contributed by atoms with E-state index in [-0.39, 0.29) is 17.9 Å². The van der Waals surface area contributed by atoms with Crippen molar-refractivity contribution in [3.8, 4) is 0 Å². The minimum Gasteiger partial charge on any atom is -0.339 e. The average Bonchev–Trinajstić information content (AvgIpc) is 2.78. The van der Waals surface area contributed by atoms with Gasteiger partial charge < -0.3 is 15.5 Å². The van der Waals surface area contributed by atoms with Crippen LogP contribution in [0.4, 0.5) is 5.69 Å². The molecule has 160 valence electrons. The highest BCUT2D eigenvalue weighted by Crippen LogP contribution is 2.15. The number of pyridine rings is 1. The maximum absolute atomic E-state index is 12.5. The normalized spacial score (nSPS) is 15.6. The van der Waals surface area contributed by atoms with Crippen LogP contribution in [0.2, 0.25) is 0 Å². The summed E-state index contributed by atoms with van der Waals surface area (Å²) in [7, 11) is 0. The Balaban J connectivity index is 1.40. The lowest BCUT2D eigenvalue weighted by Crippen LogP contribution is -2.52. The number of carbonyl (C=O) groups excluding carboxylic acids is 2. The average molecular weight is 410 g/mol. The predicted octanol–water partition coefficient (Wildman–Crippen LogP) is 2.08. The number of rotatable bonds is 8. The fourth-order valence-electron chi connectivity index (χ4n) is 3.60. The zero-order valence-corrected chi connectivity index (χ0v) is 17.8. The number of para-hydroxylation sites is 1. The van der Waals surface area contributed by atoms with Gasteiger partial charge in [0.1, 0.15) is 0 Å². The molecule has 1 fully saturated rings. The molecule has 1 aromatic carbocycles. The summed E-state index contributed by atoms with van der Waals surface area (Å²) in [5, 5.41) is 6.28. The topological polar surface area (TPSA) is 77.6 Å². The van der Waals surface area contributed by atoms with Gasteiger partial charge in [0.25, 0.3) is 0 Å². The Kier molecular flexibility index (Phi) is 7.93. The molecular formula is C23H31N5O2. The second-order valence-corrected chi connectivity index (χ2v) is 7.60. The van der Waals surface area contributed by atoms with Crippen molar-refractivity contribution in [2.24, 2.45) is 0 Å². The summed E-state index contributed by atoms with van der Waals surface area (Å²) in [6.07, 6.45) is 4.43. The van der Waals surface area contributed by atoms with Crippen molar-refractivity contribution < 1.29 is 9.59 Å². The summed E-state index contributed by atoms with van der Waals surface area (Å²) in [6.45, 7) is 7.42. The van der Waals surface area contributed by atoms with Gasteiger partial charge >= 0.3 is 0 Å². The Bertz CT molecular complexity index is 834. The molecule has 2 aromatic rings. The number of anilines is 1. The van der Waals surface area contributed by atoms with Crippen LogP contribution in [0.25, 0.3) is 0 Å². The highest BCUT2D eigenvalue weighted by molar-refractivity contribution is 5.93. The summed E-state index contributed by atoms with van der Waals surface area (Å²) in [5.41, 5.74) is 3.08. The van der Waals surface area contributed by atoms with Gasteiger partial charge in [-0.2, -0.15) is 0 Å². The van der Waals surface area contributed by atoms with Crippen LogP contribution in [0.15, 0.2) is 48.8 Å². The van der Waals surface area contributed by atoms with Gasteiger partial charge in [-0.05, 0) is 36.6 Å². The molecule has 0 aliphatic carbocycles. The molecule has 0 radical (unpaired) electrons. The number of hydrogen-bond acceptors (Lipinski definition) is 5. The molecule has 0 spiro atoms. The second-order valence-electron chi connectivity index (χ2n) is 7.60. The van der Waals surface area contributed by atoms with E-state index < -0.39 is 0 Å². The minimum absolute atomic E-state index is 0.0114. The first-order chi connectivity index (χ1) is 14.6. The van der Waals surface area contributed by atoms with Crippen molar-refractivity contribution in [2.45, 2.75) is 26.3 Å². The van der Waals surface area contributed by atoms with Gasteiger partial charge in [-0.3, -0.25) is 19.5 Å². The first-order valence-electron chi connectivity index (χ1n) is 10.6. The van der Waals surface area contributed by atoms with E-state index in [4.69, 9.17) is 0 Å². The smallest absolute Gasteiger partial charge is 0.238 e. The van der Waals surface area contributed by atoms with Crippen molar-refractivity contribution in [1.29, 1.82) is 0 Å². The second kappa shape index (κ2) is 10.8. The molecule has 30 heavy (non-hydrogen) atoms. The van der Waals surface area contributed by atoms with Gasteiger partial charge in [-0.25, -0.2) is 0 Å². The lowest BCUT2D eigenvalue weighted by atomic mass is 10.1. The van der Waals surface area contributed by atoms with E-state index in [1.54, 1.807) is 6.20 Å². The van der Waals surface area contributed by atoms with E-state index in [0.717, 1.165) is 23.2 Å². The maximum Gasteiger partial charge on any atom is 0.238 e. The summed E-state index contributed by atoms with van der Waals surface area (Å²) >= 11 is 0. The van der Waals surface area contributed by atoms with Crippen LogP contribution in [-0.2, 0) is 16.0 Å². The molecule has 7 nitrogen and oxygen atoms in total. The molecule has 1 saturated heterocycles. The largest absolute Gasteiger partial charge is 0.339 e. The fourth-order valence-corrected chi connectivity index (χ4v) is 3.60. The predicted molar refractivity (Wildman–Crippen MR) is 118 cm³/mol. The molecule has 0 bridgehead atoms. The minimum atomic E-state index is -0.0114. The SMILES string of the molecule is CCc1ccccc1NC(=O)CN1CCN(C(=O)CNC(C)c2cccnc2)CC1. The number of aromatic nitrogens is 1. The molecular weight excluding hydrogens is 378 g/mol. The number of benzene rings is 1. The monoisotopic (exact) mass is 409 g/mol. The number of nitrogens with zero attached hydrogens (tertiary/aromatic N) is 3. The number of aryl methyl sites for hydroxylation is 1. The van der Waals surface area contributed by atoms with Crippen LogP contribution in [0.5, 0.6) is 0 Å². The third-order valence-corrected chi connectivity index (χ3v) is 5.51. The third kappa shape index (κ3) is 6.11. The van der Waals surface area contributed by atoms with Crippen molar-refractivity contribution in [3.05, 3.63) is 59.9 Å². The molecule has 2 heterocycles. The van der Waals surface area contributed by atoms with Crippen LogP contribution in [0.1, 0.15) is 31.0 Å². The number of amides is 2. The van der Waals surface area contributed by atoms with Crippen LogP contribution >= 0.6 is 0 Å². The number of nitrogens with one attached hydrogen (secondary N) is 2. The molecule has 3 rings (SSSR count). The van der Waals surface area contributed by atoms with Gasteiger partial charge in [0.2, 0.25) is 11.8 Å². The van der Waals surface area contributed by atoms with Crippen LogP contribution < -0.4 is 10.6 Å². The number of piperazine rings is 1. The molecule has 7 heteroatoms. The standard InChI is InChI=1S/C23H31N5O2/c1-3-19-7-4-5-9-21(19)26-22(29)17-27-11-13-28(14-12-27)23(30)16-25-18(2)20-8-6-10-24-15-20/h4-10,15,18,25H,3,11-14,16-17H2,1-2H3,(H,26,29). The van der Waals surface area contributed by atoms with Gasteiger partial charge in [0, 0.05) is 50.3 Å². The molecule has 1 unspecified atom stereocenters. The summed E-state index contributed by atoms with van der Waals surface area (Å²) in [5.74, 6) is 0.0781. The van der Waals surface area contributed by atoms with Crippen LogP contribution in [-0.4, -0.2) is 65.9 Å². The van der Waals surface area contributed by atoms with Crippen molar-refractivity contribution in [3.63, 3.8) is 0 Å².